The molecule has 1 saturated carbocycles. The Morgan fingerprint density at radius 3 is 1.90 bits per heavy atom. The van der Waals surface area contributed by atoms with Gasteiger partial charge in [0.25, 0.3) is 0 Å². The van der Waals surface area contributed by atoms with Crippen LogP contribution in [0.15, 0.2) is 0 Å². The summed E-state index contributed by atoms with van der Waals surface area (Å²) in [5.74, 6) is 0. The third-order valence-electron chi connectivity index (χ3n) is 6.12. The molecule has 2 heterocycles. The maximum Gasteiger partial charge on any atom is 0.187 e. The minimum atomic E-state index is -1.45. The van der Waals surface area contributed by atoms with Crippen molar-refractivity contribution in [2.75, 3.05) is 13.2 Å². The maximum absolute atomic E-state index is 10.5. The van der Waals surface area contributed by atoms with Gasteiger partial charge in [-0.15, -0.1) is 0 Å². The van der Waals surface area contributed by atoms with Gasteiger partial charge in [-0.05, 0) is 6.42 Å². The number of hydrogen-bond donors (Lipinski definition) is 10. The molecule has 14 atom stereocenters. The minimum absolute atomic E-state index is 0.0760. The molecule has 3 aliphatic rings. The highest BCUT2D eigenvalue weighted by Crippen LogP contribution is 2.31. The first-order valence-electron chi connectivity index (χ1n) is 10.2. The zero-order valence-electron chi connectivity index (χ0n) is 16.8. The third kappa shape index (κ3) is 4.87. The summed E-state index contributed by atoms with van der Waals surface area (Å²) < 4.78 is 22.3. The molecule has 2 aliphatic heterocycles. The Kier molecular flexibility index (Phi) is 8.21. The fourth-order valence-corrected chi connectivity index (χ4v) is 4.18. The molecule has 0 aromatic carbocycles. The van der Waals surface area contributed by atoms with E-state index in [0.717, 1.165) is 0 Å². The fourth-order valence-electron chi connectivity index (χ4n) is 4.18. The number of aliphatic hydroxyl groups is 6. The van der Waals surface area contributed by atoms with Crippen LogP contribution in [0, 0.1) is 0 Å². The van der Waals surface area contributed by atoms with Crippen LogP contribution in [0.1, 0.15) is 6.42 Å². The second kappa shape index (κ2) is 10.1. The van der Waals surface area contributed by atoms with Crippen LogP contribution in [0.25, 0.3) is 0 Å². The fraction of sp³-hybridized carbons (Fsp3) is 1.00. The summed E-state index contributed by atoms with van der Waals surface area (Å²) in [5, 5.41) is 60.6. The molecule has 3 rings (SSSR count). The Morgan fingerprint density at radius 1 is 0.710 bits per heavy atom. The van der Waals surface area contributed by atoms with Crippen LogP contribution in [0.5, 0.6) is 0 Å². The van der Waals surface area contributed by atoms with Gasteiger partial charge in [-0.1, -0.05) is 0 Å². The number of rotatable bonds is 6. The van der Waals surface area contributed by atoms with Gasteiger partial charge in [0.1, 0.15) is 48.8 Å². The van der Waals surface area contributed by atoms with E-state index in [-0.39, 0.29) is 13.0 Å². The lowest BCUT2D eigenvalue weighted by molar-refractivity contribution is -0.317. The lowest BCUT2D eigenvalue weighted by Crippen LogP contribution is -2.68. The van der Waals surface area contributed by atoms with Crippen LogP contribution in [0.4, 0.5) is 0 Å². The van der Waals surface area contributed by atoms with Crippen molar-refractivity contribution in [3.8, 4) is 0 Å². The van der Waals surface area contributed by atoms with Crippen molar-refractivity contribution in [3.05, 3.63) is 0 Å². The zero-order chi connectivity index (χ0) is 23.0. The molecular weight excluding hydrogens is 420 g/mol. The maximum atomic E-state index is 10.5. The van der Waals surface area contributed by atoms with Gasteiger partial charge in [0.05, 0.1) is 18.8 Å². The van der Waals surface area contributed by atoms with E-state index >= 15 is 0 Å². The first-order valence-corrected chi connectivity index (χ1v) is 10.2. The summed E-state index contributed by atoms with van der Waals surface area (Å²) in [6, 6.07) is -2.67. The van der Waals surface area contributed by atoms with Gasteiger partial charge in [0, 0.05) is 18.6 Å². The summed E-state index contributed by atoms with van der Waals surface area (Å²) in [5.41, 5.74) is 23.4. The molecule has 0 amide bonds. The summed E-state index contributed by atoms with van der Waals surface area (Å²) in [6.07, 6.45) is -13.8. The molecule has 0 aromatic rings. The Labute approximate surface area is 178 Å². The normalized spacial score (nSPS) is 53.6. The summed E-state index contributed by atoms with van der Waals surface area (Å²) in [4.78, 5) is 0. The molecule has 0 spiro atoms. The van der Waals surface area contributed by atoms with Crippen molar-refractivity contribution in [1.29, 1.82) is 0 Å². The highest BCUT2D eigenvalue weighted by molar-refractivity contribution is 5.00. The molecule has 0 aromatic heterocycles. The smallest absolute Gasteiger partial charge is 0.187 e. The van der Waals surface area contributed by atoms with E-state index in [1.54, 1.807) is 0 Å². The summed E-state index contributed by atoms with van der Waals surface area (Å²) >= 11 is 0. The Hall–Kier alpha value is -0.560. The first-order chi connectivity index (χ1) is 14.6. The molecule has 3 fully saturated rings. The molecule has 14 N–H and O–H groups in total. The molecule has 182 valence electrons. The van der Waals surface area contributed by atoms with Crippen LogP contribution in [-0.4, -0.2) is 129 Å². The van der Waals surface area contributed by atoms with Crippen molar-refractivity contribution in [2.45, 2.75) is 92.1 Å². The SMILES string of the molecule is NC[C@H]1O[C@@H](O[C@@H]2[C@@H](N)[C@@H](O[C@H]3[C@H](O)[C@@H](O)[C@H](N)C[C@@H]3N)O[C@H](CO)[C@H]2O)[C@H](O)[C@@H]1O. The molecule has 2 saturated heterocycles. The van der Waals surface area contributed by atoms with E-state index in [4.69, 9.17) is 41.9 Å². The van der Waals surface area contributed by atoms with Gasteiger partial charge in [-0.2, -0.15) is 0 Å². The van der Waals surface area contributed by atoms with E-state index in [0.29, 0.717) is 0 Å². The van der Waals surface area contributed by atoms with Gasteiger partial charge in [-0.3, -0.25) is 0 Å². The third-order valence-corrected chi connectivity index (χ3v) is 6.12. The summed E-state index contributed by atoms with van der Waals surface area (Å²) in [7, 11) is 0. The van der Waals surface area contributed by atoms with Crippen molar-refractivity contribution >= 4 is 0 Å². The largest absolute Gasteiger partial charge is 0.394 e. The van der Waals surface area contributed by atoms with Gasteiger partial charge in [-0.25, -0.2) is 0 Å². The number of ether oxygens (including phenoxy) is 4. The molecular formula is C17H34N4O10. The molecule has 0 unspecified atom stereocenters. The van der Waals surface area contributed by atoms with Gasteiger partial charge in [0.15, 0.2) is 12.6 Å². The van der Waals surface area contributed by atoms with Crippen LogP contribution in [0.2, 0.25) is 0 Å². The van der Waals surface area contributed by atoms with Crippen LogP contribution < -0.4 is 22.9 Å². The van der Waals surface area contributed by atoms with E-state index in [9.17, 15) is 30.6 Å². The van der Waals surface area contributed by atoms with E-state index in [1.165, 1.54) is 0 Å². The number of hydrogen-bond acceptors (Lipinski definition) is 14. The number of aliphatic hydroxyl groups excluding tert-OH is 6. The quantitative estimate of drug-likeness (QED) is 0.179. The average molecular weight is 454 g/mol. The molecule has 0 bridgehead atoms. The Bertz CT molecular complexity index is 593. The van der Waals surface area contributed by atoms with Crippen molar-refractivity contribution < 1.29 is 49.6 Å². The second-order valence-electron chi connectivity index (χ2n) is 8.30. The lowest BCUT2D eigenvalue weighted by Gasteiger charge is -2.47. The van der Waals surface area contributed by atoms with Crippen molar-refractivity contribution in [2.24, 2.45) is 22.9 Å². The molecule has 31 heavy (non-hydrogen) atoms. The molecule has 14 nitrogen and oxygen atoms in total. The van der Waals surface area contributed by atoms with E-state index in [2.05, 4.69) is 0 Å². The summed E-state index contributed by atoms with van der Waals surface area (Å²) in [6.45, 7) is -0.699. The zero-order valence-corrected chi connectivity index (χ0v) is 16.8. The Morgan fingerprint density at radius 2 is 1.32 bits per heavy atom. The molecule has 14 heteroatoms. The highest BCUT2D eigenvalue weighted by atomic mass is 16.7. The monoisotopic (exact) mass is 454 g/mol. The van der Waals surface area contributed by atoms with Crippen LogP contribution in [-0.2, 0) is 18.9 Å². The Balaban J connectivity index is 1.74. The van der Waals surface area contributed by atoms with E-state index in [1.807, 2.05) is 0 Å². The van der Waals surface area contributed by atoms with Crippen LogP contribution in [0.3, 0.4) is 0 Å². The van der Waals surface area contributed by atoms with E-state index < -0.39 is 92.2 Å². The lowest BCUT2D eigenvalue weighted by atomic mass is 9.84. The highest BCUT2D eigenvalue weighted by Gasteiger charge is 2.52. The number of nitrogens with two attached hydrogens (primary N) is 4. The predicted molar refractivity (Wildman–Crippen MR) is 102 cm³/mol. The topological polar surface area (TPSA) is 262 Å². The van der Waals surface area contributed by atoms with Gasteiger partial charge in [0.2, 0.25) is 0 Å². The predicted octanol–water partition coefficient (Wildman–Crippen LogP) is -6.65. The second-order valence-corrected chi connectivity index (χ2v) is 8.30. The van der Waals surface area contributed by atoms with Crippen molar-refractivity contribution in [1.82, 2.24) is 0 Å². The molecule has 0 radical (unpaired) electrons. The molecule has 1 aliphatic carbocycles. The first kappa shape index (κ1) is 25.1. The standard InChI is InChI=1S/C17H34N4O10/c18-2-6-10(24)13(27)17(28-6)31-15-8(21)16(29-7(3-22)11(15)25)30-14-5(20)1-4(19)9(23)12(14)26/h4-17,22-27H,1-3,18-21H2/t4-,5+,6-,7-,8-,9+,10-,11-,12-,13-,14-,15-,16-,17+/m1/s1. The van der Waals surface area contributed by atoms with Crippen LogP contribution >= 0.6 is 0 Å². The van der Waals surface area contributed by atoms with Gasteiger partial charge >= 0.3 is 0 Å². The average Bonchev–Trinajstić information content (AvgIpc) is 3.01. The minimum Gasteiger partial charge on any atom is -0.394 e. The van der Waals surface area contributed by atoms with Crippen molar-refractivity contribution in [3.63, 3.8) is 0 Å². The van der Waals surface area contributed by atoms with Gasteiger partial charge < -0.3 is 72.5 Å².